The van der Waals surface area contributed by atoms with Gasteiger partial charge in [-0.15, -0.1) is 0 Å². The lowest BCUT2D eigenvalue weighted by Crippen LogP contribution is -2.06. The molecule has 86 valence electrons. The summed E-state index contributed by atoms with van der Waals surface area (Å²) in [6.45, 7) is 4.92. The Hall–Kier alpha value is -0.990. The summed E-state index contributed by atoms with van der Waals surface area (Å²) in [5.41, 5.74) is 2.27. The number of rotatable bonds is 3. The first-order valence-electron chi connectivity index (χ1n) is 5.42. The van der Waals surface area contributed by atoms with Crippen LogP contribution in [0.1, 0.15) is 25.6 Å². The standard InChI is InChI=1S/C13H16ClNO/c1-9(2)15-11(8-16-3)7-10-5-4-6-12(14)13(10)15/h4-7,9H,8H2,1-3H3. The molecule has 0 fully saturated rings. The number of para-hydroxylation sites is 1. The van der Waals surface area contributed by atoms with Crippen LogP contribution in [0.3, 0.4) is 0 Å². The highest BCUT2D eigenvalue weighted by molar-refractivity contribution is 6.35. The van der Waals surface area contributed by atoms with Gasteiger partial charge in [0, 0.05) is 24.2 Å². The van der Waals surface area contributed by atoms with Crippen molar-refractivity contribution in [2.45, 2.75) is 26.5 Å². The topological polar surface area (TPSA) is 14.2 Å². The third-order valence-corrected chi connectivity index (χ3v) is 3.00. The summed E-state index contributed by atoms with van der Waals surface area (Å²) in [6, 6.07) is 8.51. The summed E-state index contributed by atoms with van der Waals surface area (Å²) in [5.74, 6) is 0. The van der Waals surface area contributed by atoms with E-state index in [1.807, 2.05) is 12.1 Å². The Labute approximate surface area is 101 Å². The summed E-state index contributed by atoms with van der Waals surface area (Å²) in [7, 11) is 1.71. The van der Waals surface area contributed by atoms with Crippen molar-refractivity contribution in [1.29, 1.82) is 0 Å². The van der Waals surface area contributed by atoms with Gasteiger partial charge in [-0.2, -0.15) is 0 Å². The molecule has 0 atom stereocenters. The summed E-state index contributed by atoms with van der Waals surface area (Å²) >= 11 is 6.26. The molecule has 0 aliphatic heterocycles. The van der Waals surface area contributed by atoms with Crippen LogP contribution in [0.25, 0.3) is 10.9 Å². The fourth-order valence-electron chi connectivity index (χ4n) is 2.14. The van der Waals surface area contributed by atoms with Gasteiger partial charge < -0.3 is 9.30 Å². The van der Waals surface area contributed by atoms with E-state index >= 15 is 0 Å². The van der Waals surface area contributed by atoms with Crippen LogP contribution >= 0.6 is 11.6 Å². The van der Waals surface area contributed by atoms with E-state index in [-0.39, 0.29) is 0 Å². The number of ether oxygens (including phenoxy) is 1. The van der Waals surface area contributed by atoms with Crippen molar-refractivity contribution in [3.63, 3.8) is 0 Å². The van der Waals surface area contributed by atoms with E-state index < -0.39 is 0 Å². The minimum absolute atomic E-state index is 0.377. The Morgan fingerprint density at radius 3 is 2.75 bits per heavy atom. The third kappa shape index (κ3) is 1.83. The molecule has 2 aromatic rings. The lowest BCUT2D eigenvalue weighted by atomic mass is 10.2. The van der Waals surface area contributed by atoms with Gasteiger partial charge in [0.05, 0.1) is 17.1 Å². The summed E-state index contributed by atoms with van der Waals surface area (Å²) < 4.78 is 7.46. The Balaban J connectivity index is 2.72. The van der Waals surface area contributed by atoms with Gasteiger partial charge in [-0.05, 0) is 26.0 Å². The van der Waals surface area contributed by atoms with E-state index in [4.69, 9.17) is 16.3 Å². The van der Waals surface area contributed by atoms with Crippen LogP contribution in [-0.2, 0) is 11.3 Å². The number of hydrogen-bond donors (Lipinski definition) is 0. The Bertz CT molecular complexity index is 502. The Morgan fingerprint density at radius 2 is 2.12 bits per heavy atom. The molecule has 0 spiro atoms. The van der Waals surface area contributed by atoms with E-state index in [0.717, 1.165) is 10.5 Å². The molecule has 0 amide bonds. The predicted octanol–water partition coefficient (Wildman–Crippen LogP) is 4.02. The quantitative estimate of drug-likeness (QED) is 0.787. The van der Waals surface area contributed by atoms with Crippen molar-refractivity contribution >= 4 is 22.5 Å². The molecule has 0 saturated carbocycles. The van der Waals surface area contributed by atoms with Gasteiger partial charge in [-0.25, -0.2) is 0 Å². The number of fused-ring (bicyclic) bond motifs is 1. The minimum Gasteiger partial charge on any atom is -0.378 e. The highest BCUT2D eigenvalue weighted by Gasteiger charge is 2.13. The average Bonchev–Trinajstić information content (AvgIpc) is 2.58. The number of methoxy groups -OCH3 is 1. The molecular formula is C13H16ClNO. The van der Waals surface area contributed by atoms with Gasteiger partial charge >= 0.3 is 0 Å². The predicted molar refractivity (Wildman–Crippen MR) is 68.0 cm³/mol. The maximum atomic E-state index is 6.26. The molecule has 1 aromatic carbocycles. The minimum atomic E-state index is 0.377. The van der Waals surface area contributed by atoms with Gasteiger partial charge in [0.15, 0.2) is 0 Å². The fraction of sp³-hybridized carbons (Fsp3) is 0.385. The Morgan fingerprint density at radius 1 is 1.38 bits per heavy atom. The monoisotopic (exact) mass is 237 g/mol. The molecule has 0 bridgehead atoms. The zero-order chi connectivity index (χ0) is 11.7. The lowest BCUT2D eigenvalue weighted by Gasteiger charge is -2.14. The number of halogens is 1. The third-order valence-electron chi connectivity index (χ3n) is 2.70. The van der Waals surface area contributed by atoms with Gasteiger partial charge in [-0.3, -0.25) is 0 Å². The maximum Gasteiger partial charge on any atom is 0.0864 e. The first-order chi connectivity index (χ1) is 7.65. The maximum absolute atomic E-state index is 6.26. The summed E-state index contributed by atoms with van der Waals surface area (Å²) in [6.07, 6.45) is 0. The second-order valence-corrected chi connectivity index (χ2v) is 4.62. The van der Waals surface area contributed by atoms with E-state index in [2.05, 4.69) is 30.5 Å². The van der Waals surface area contributed by atoms with Crippen LogP contribution in [0.5, 0.6) is 0 Å². The van der Waals surface area contributed by atoms with E-state index in [9.17, 15) is 0 Å². The van der Waals surface area contributed by atoms with Crippen LogP contribution in [-0.4, -0.2) is 11.7 Å². The van der Waals surface area contributed by atoms with Crippen LogP contribution in [0.15, 0.2) is 24.3 Å². The molecular weight excluding hydrogens is 222 g/mol. The van der Waals surface area contributed by atoms with Crippen molar-refractivity contribution in [2.75, 3.05) is 7.11 Å². The van der Waals surface area contributed by atoms with Crippen molar-refractivity contribution in [3.8, 4) is 0 Å². The van der Waals surface area contributed by atoms with Crippen LogP contribution < -0.4 is 0 Å². The largest absolute Gasteiger partial charge is 0.378 e. The first-order valence-corrected chi connectivity index (χ1v) is 5.80. The number of benzene rings is 1. The zero-order valence-electron chi connectivity index (χ0n) is 9.83. The van der Waals surface area contributed by atoms with Gasteiger partial charge in [0.2, 0.25) is 0 Å². The second kappa shape index (κ2) is 4.48. The SMILES string of the molecule is COCc1cc2cccc(Cl)c2n1C(C)C. The molecule has 0 saturated heterocycles. The van der Waals surface area contributed by atoms with Crippen LogP contribution in [0.4, 0.5) is 0 Å². The smallest absolute Gasteiger partial charge is 0.0864 e. The zero-order valence-corrected chi connectivity index (χ0v) is 10.6. The second-order valence-electron chi connectivity index (χ2n) is 4.21. The molecule has 1 aromatic heterocycles. The summed E-state index contributed by atoms with van der Waals surface area (Å²) in [5, 5.41) is 1.97. The van der Waals surface area contributed by atoms with Crippen molar-refractivity contribution in [1.82, 2.24) is 4.57 Å². The van der Waals surface area contributed by atoms with Gasteiger partial charge in [0.1, 0.15) is 0 Å². The average molecular weight is 238 g/mol. The summed E-state index contributed by atoms with van der Waals surface area (Å²) in [4.78, 5) is 0. The van der Waals surface area contributed by atoms with Gasteiger partial charge in [0.25, 0.3) is 0 Å². The molecule has 0 N–H and O–H groups in total. The molecule has 3 heteroatoms. The highest BCUT2D eigenvalue weighted by atomic mass is 35.5. The fourth-order valence-corrected chi connectivity index (χ4v) is 2.42. The number of hydrogen-bond acceptors (Lipinski definition) is 1. The first kappa shape index (κ1) is 11.5. The van der Waals surface area contributed by atoms with E-state index in [0.29, 0.717) is 12.6 Å². The molecule has 0 aliphatic rings. The van der Waals surface area contributed by atoms with E-state index in [1.165, 1.54) is 11.1 Å². The van der Waals surface area contributed by atoms with Crippen LogP contribution in [0.2, 0.25) is 5.02 Å². The lowest BCUT2D eigenvalue weighted by molar-refractivity contribution is 0.177. The molecule has 16 heavy (non-hydrogen) atoms. The highest BCUT2D eigenvalue weighted by Crippen LogP contribution is 2.30. The molecule has 1 heterocycles. The van der Waals surface area contributed by atoms with E-state index in [1.54, 1.807) is 7.11 Å². The number of aromatic nitrogens is 1. The van der Waals surface area contributed by atoms with Crippen molar-refractivity contribution in [2.24, 2.45) is 0 Å². The molecule has 2 rings (SSSR count). The number of nitrogens with zero attached hydrogens (tertiary/aromatic N) is 1. The molecule has 0 unspecified atom stereocenters. The van der Waals surface area contributed by atoms with Crippen LogP contribution in [0, 0.1) is 0 Å². The molecule has 2 nitrogen and oxygen atoms in total. The van der Waals surface area contributed by atoms with Crippen molar-refractivity contribution in [3.05, 3.63) is 35.0 Å². The van der Waals surface area contributed by atoms with Crippen molar-refractivity contribution < 1.29 is 4.74 Å². The Kier molecular flexibility index (Phi) is 3.22. The molecule has 0 radical (unpaired) electrons. The van der Waals surface area contributed by atoms with Gasteiger partial charge in [-0.1, -0.05) is 23.7 Å². The normalized spacial score (nSPS) is 11.6. The molecule has 0 aliphatic carbocycles.